The molecule has 6 heteroatoms. The quantitative estimate of drug-likeness (QED) is 0.793. The molecule has 0 bridgehead atoms. The highest BCUT2D eigenvalue weighted by Crippen LogP contribution is 2.33. The van der Waals surface area contributed by atoms with Crippen LogP contribution in [-0.4, -0.2) is 29.9 Å². The topological polar surface area (TPSA) is 46.6 Å². The first kappa shape index (κ1) is 15.0. The van der Waals surface area contributed by atoms with E-state index in [2.05, 4.69) is 15.9 Å². The van der Waals surface area contributed by atoms with Gasteiger partial charge in [-0.05, 0) is 35.3 Å². The number of amides is 1. The zero-order valence-corrected chi connectivity index (χ0v) is 12.8. The Morgan fingerprint density at radius 1 is 1.55 bits per heavy atom. The van der Waals surface area contributed by atoms with Gasteiger partial charge in [-0.15, -0.1) is 0 Å². The first-order valence-corrected chi connectivity index (χ1v) is 7.09. The van der Waals surface area contributed by atoms with E-state index < -0.39 is 23.9 Å². The van der Waals surface area contributed by atoms with Crippen molar-refractivity contribution in [1.82, 2.24) is 4.90 Å². The molecule has 20 heavy (non-hydrogen) atoms. The van der Waals surface area contributed by atoms with Gasteiger partial charge in [0.05, 0.1) is 17.6 Å². The summed E-state index contributed by atoms with van der Waals surface area (Å²) in [7, 11) is 1.29. The molecule has 1 saturated heterocycles. The number of ether oxygens (including phenoxy) is 1. The molecule has 0 spiro atoms. The number of methoxy groups -OCH3 is 1. The van der Waals surface area contributed by atoms with Crippen LogP contribution in [0.4, 0.5) is 4.39 Å². The largest absolute Gasteiger partial charge is 0.467 e. The fourth-order valence-corrected chi connectivity index (χ4v) is 2.93. The van der Waals surface area contributed by atoms with E-state index in [0.29, 0.717) is 16.5 Å². The van der Waals surface area contributed by atoms with E-state index in [1.807, 2.05) is 0 Å². The van der Waals surface area contributed by atoms with Crippen molar-refractivity contribution in [2.75, 3.05) is 7.11 Å². The summed E-state index contributed by atoms with van der Waals surface area (Å²) in [6.45, 7) is 1.71. The van der Waals surface area contributed by atoms with Crippen molar-refractivity contribution >= 4 is 27.8 Å². The minimum atomic E-state index is -0.638. The van der Waals surface area contributed by atoms with Gasteiger partial charge >= 0.3 is 5.97 Å². The van der Waals surface area contributed by atoms with Crippen LogP contribution in [0.15, 0.2) is 22.7 Å². The lowest BCUT2D eigenvalue weighted by Crippen LogP contribution is -2.41. The maximum Gasteiger partial charge on any atom is 0.328 e. The molecular weight excluding hydrogens is 329 g/mol. The summed E-state index contributed by atoms with van der Waals surface area (Å²) in [5.41, 5.74) is 0.378. The number of benzene rings is 1. The lowest BCUT2D eigenvalue weighted by molar-refractivity contribution is -0.150. The number of esters is 1. The number of carbonyl (C=O) groups is 2. The molecule has 1 aromatic carbocycles. The maximum atomic E-state index is 14.1. The van der Waals surface area contributed by atoms with Gasteiger partial charge in [0, 0.05) is 12.0 Å². The molecule has 1 heterocycles. The Morgan fingerprint density at radius 2 is 2.25 bits per heavy atom. The summed E-state index contributed by atoms with van der Waals surface area (Å²) >= 11 is 3.13. The monoisotopic (exact) mass is 343 g/mol. The summed E-state index contributed by atoms with van der Waals surface area (Å²) in [6, 6.07) is 3.75. The van der Waals surface area contributed by atoms with Gasteiger partial charge in [-0.2, -0.15) is 0 Å². The lowest BCUT2D eigenvalue weighted by atomic mass is 10.1. The first-order chi connectivity index (χ1) is 9.47. The summed E-state index contributed by atoms with van der Waals surface area (Å²) in [5, 5.41) is 0. The molecule has 0 radical (unpaired) electrons. The maximum absolute atomic E-state index is 14.1. The number of hydrogen-bond acceptors (Lipinski definition) is 3. The van der Waals surface area contributed by atoms with Gasteiger partial charge < -0.3 is 9.64 Å². The Labute approximate surface area is 125 Å². The number of carbonyl (C=O) groups excluding carboxylic acids is 2. The predicted octanol–water partition coefficient (Wildman–Crippen LogP) is 2.81. The van der Waals surface area contributed by atoms with Crippen LogP contribution in [0.5, 0.6) is 0 Å². The molecule has 1 aliphatic heterocycles. The summed E-state index contributed by atoms with van der Waals surface area (Å²) in [6.07, 6.45) is 0.686. The van der Waals surface area contributed by atoms with Crippen molar-refractivity contribution in [2.45, 2.75) is 31.8 Å². The summed E-state index contributed by atoms with van der Waals surface area (Å²) < 4.78 is 19.2. The van der Waals surface area contributed by atoms with Crippen molar-refractivity contribution in [2.24, 2.45) is 0 Å². The number of likely N-dealkylation sites (tertiary alicyclic amines) is 1. The van der Waals surface area contributed by atoms with E-state index in [1.165, 1.54) is 12.0 Å². The second-order valence-corrected chi connectivity index (χ2v) is 5.55. The van der Waals surface area contributed by atoms with E-state index in [1.54, 1.807) is 25.1 Å². The molecule has 1 aliphatic rings. The zero-order chi connectivity index (χ0) is 14.9. The third kappa shape index (κ3) is 2.57. The lowest BCUT2D eigenvalue weighted by Gasteiger charge is -2.30. The average molecular weight is 344 g/mol. The molecule has 2 unspecified atom stereocenters. The van der Waals surface area contributed by atoms with Gasteiger partial charge in [-0.1, -0.05) is 12.1 Å². The molecule has 0 saturated carbocycles. The third-order valence-electron chi connectivity index (χ3n) is 3.58. The SMILES string of the molecule is COC(=O)C1CCC(=O)N1C(C)c1cccc(Br)c1F. The first-order valence-electron chi connectivity index (χ1n) is 6.30. The normalized spacial score (nSPS) is 20.1. The minimum absolute atomic E-state index is 0.160. The molecule has 0 aromatic heterocycles. The fourth-order valence-electron chi connectivity index (χ4n) is 2.55. The van der Waals surface area contributed by atoms with Crippen molar-refractivity contribution in [1.29, 1.82) is 0 Å². The highest BCUT2D eigenvalue weighted by molar-refractivity contribution is 9.10. The number of halogens is 2. The molecule has 2 atom stereocenters. The van der Waals surface area contributed by atoms with Gasteiger partial charge in [0.15, 0.2) is 0 Å². The molecule has 0 aliphatic carbocycles. The van der Waals surface area contributed by atoms with Gasteiger partial charge in [0.25, 0.3) is 0 Å². The zero-order valence-electron chi connectivity index (χ0n) is 11.2. The second-order valence-electron chi connectivity index (χ2n) is 4.70. The number of nitrogens with zero attached hydrogens (tertiary/aromatic N) is 1. The van der Waals surface area contributed by atoms with Crippen LogP contribution in [0.2, 0.25) is 0 Å². The minimum Gasteiger partial charge on any atom is -0.467 e. The molecule has 1 fully saturated rings. The number of rotatable bonds is 3. The van der Waals surface area contributed by atoms with Crippen LogP contribution >= 0.6 is 15.9 Å². The average Bonchev–Trinajstić information content (AvgIpc) is 2.82. The van der Waals surface area contributed by atoms with E-state index in [-0.39, 0.29) is 12.3 Å². The Morgan fingerprint density at radius 3 is 2.90 bits per heavy atom. The second kappa shape index (κ2) is 5.91. The van der Waals surface area contributed by atoms with E-state index in [0.717, 1.165) is 0 Å². The van der Waals surface area contributed by atoms with Crippen LogP contribution in [-0.2, 0) is 14.3 Å². The standard InChI is InChI=1S/C14H15BrFNO3/c1-8(9-4-3-5-10(15)13(9)16)17-11(14(19)20-2)6-7-12(17)18/h3-5,8,11H,6-7H2,1-2H3. The van der Waals surface area contributed by atoms with Gasteiger partial charge in [-0.3, -0.25) is 4.79 Å². The molecule has 1 aromatic rings. The van der Waals surface area contributed by atoms with Crippen molar-refractivity contribution in [3.05, 3.63) is 34.1 Å². The third-order valence-corrected chi connectivity index (χ3v) is 4.19. The Bertz CT molecular complexity index is 549. The number of hydrogen-bond donors (Lipinski definition) is 0. The molecule has 1 amide bonds. The Balaban J connectivity index is 2.35. The van der Waals surface area contributed by atoms with Crippen LogP contribution in [0.1, 0.15) is 31.4 Å². The molecular formula is C14H15BrFNO3. The van der Waals surface area contributed by atoms with Crippen molar-refractivity contribution < 1.29 is 18.7 Å². The van der Waals surface area contributed by atoms with Crippen LogP contribution in [0.3, 0.4) is 0 Å². The van der Waals surface area contributed by atoms with Crippen LogP contribution < -0.4 is 0 Å². The Hall–Kier alpha value is -1.43. The fraction of sp³-hybridized carbons (Fsp3) is 0.429. The highest BCUT2D eigenvalue weighted by Gasteiger charge is 2.40. The molecule has 0 N–H and O–H groups in total. The summed E-state index contributed by atoms with van der Waals surface area (Å²) in [5.74, 6) is -1.03. The van der Waals surface area contributed by atoms with E-state index >= 15 is 0 Å². The van der Waals surface area contributed by atoms with Gasteiger partial charge in [0.2, 0.25) is 5.91 Å². The van der Waals surface area contributed by atoms with Gasteiger partial charge in [-0.25, -0.2) is 9.18 Å². The summed E-state index contributed by atoms with van der Waals surface area (Å²) in [4.78, 5) is 25.2. The highest BCUT2D eigenvalue weighted by atomic mass is 79.9. The van der Waals surface area contributed by atoms with E-state index in [4.69, 9.17) is 4.74 Å². The van der Waals surface area contributed by atoms with Gasteiger partial charge in [0.1, 0.15) is 11.9 Å². The van der Waals surface area contributed by atoms with Crippen LogP contribution in [0, 0.1) is 5.82 Å². The molecule has 2 rings (SSSR count). The predicted molar refractivity (Wildman–Crippen MR) is 74.4 cm³/mol. The van der Waals surface area contributed by atoms with Crippen molar-refractivity contribution in [3.8, 4) is 0 Å². The molecule has 4 nitrogen and oxygen atoms in total. The molecule has 108 valence electrons. The van der Waals surface area contributed by atoms with Crippen molar-refractivity contribution in [3.63, 3.8) is 0 Å². The smallest absolute Gasteiger partial charge is 0.328 e. The van der Waals surface area contributed by atoms with Crippen LogP contribution in [0.25, 0.3) is 0 Å². The Kier molecular flexibility index (Phi) is 4.42. The van der Waals surface area contributed by atoms with E-state index in [9.17, 15) is 14.0 Å².